The topological polar surface area (TPSA) is 82.4 Å². The molecular weight excluding hydrogens is 378 g/mol. The van der Waals surface area contributed by atoms with Crippen molar-refractivity contribution in [1.82, 2.24) is 0 Å². The maximum Gasteiger partial charge on any atom is 0.226 e. The standard InChI is InChI=1S/C24H21N3O3/c1-18(28)27(22-13-7-5-9-19(22)17-25)16-15-24(29)26-21-12-6-8-14-23(21)30-20-10-3-2-4-11-20/h2-14H,15-16H2,1H3,(H,26,29). The average Bonchev–Trinajstić information content (AvgIpc) is 2.76. The summed E-state index contributed by atoms with van der Waals surface area (Å²) in [5.74, 6) is 0.684. The van der Waals surface area contributed by atoms with Crippen molar-refractivity contribution < 1.29 is 14.3 Å². The fraction of sp³-hybridized carbons (Fsp3) is 0.125. The number of benzene rings is 3. The van der Waals surface area contributed by atoms with Gasteiger partial charge in [0, 0.05) is 19.9 Å². The number of anilines is 2. The van der Waals surface area contributed by atoms with Gasteiger partial charge in [0.05, 0.1) is 16.9 Å². The van der Waals surface area contributed by atoms with E-state index in [2.05, 4.69) is 11.4 Å². The Labute approximate surface area is 175 Å². The van der Waals surface area contributed by atoms with Gasteiger partial charge >= 0.3 is 0 Å². The Hall–Kier alpha value is -4.11. The number of rotatable bonds is 7. The summed E-state index contributed by atoms with van der Waals surface area (Å²) in [6.45, 7) is 1.57. The predicted molar refractivity (Wildman–Crippen MR) is 115 cm³/mol. The van der Waals surface area contributed by atoms with Gasteiger partial charge in [-0.2, -0.15) is 5.26 Å². The summed E-state index contributed by atoms with van der Waals surface area (Å²) in [4.78, 5) is 26.1. The summed E-state index contributed by atoms with van der Waals surface area (Å²) < 4.78 is 5.86. The number of amides is 2. The molecule has 3 aromatic rings. The summed E-state index contributed by atoms with van der Waals surface area (Å²) >= 11 is 0. The van der Waals surface area contributed by atoms with E-state index in [9.17, 15) is 14.9 Å². The van der Waals surface area contributed by atoms with Crippen molar-refractivity contribution in [3.05, 3.63) is 84.4 Å². The van der Waals surface area contributed by atoms with E-state index >= 15 is 0 Å². The molecule has 0 bridgehead atoms. The van der Waals surface area contributed by atoms with Crippen LogP contribution in [0.4, 0.5) is 11.4 Å². The summed E-state index contributed by atoms with van der Waals surface area (Å²) in [5, 5.41) is 12.1. The molecule has 1 N–H and O–H groups in total. The molecular formula is C24H21N3O3. The number of ether oxygens (including phenoxy) is 1. The highest BCUT2D eigenvalue weighted by atomic mass is 16.5. The Morgan fingerprint density at radius 3 is 2.37 bits per heavy atom. The maximum absolute atomic E-state index is 12.6. The Kier molecular flexibility index (Phi) is 6.80. The second kappa shape index (κ2) is 9.89. The van der Waals surface area contributed by atoms with Crippen molar-refractivity contribution in [3.63, 3.8) is 0 Å². The molecule has 30 heavy (non-hydrogen) atoms. The zero-order valence-corrected chi connectivity index (χ0v) is 16.5. The van der Waals surface area contributed by atoms with Crippen molar-refractivity contribution in [1.29, 1.82) is 5.26 Å². The summed E-state index contributed by atoms with van der Waals surface area (Å²) in [6, 6.07) is 25.3. The number of nitriles is 1. The molecule has 0 unspecified atom stereocenters. The van der Waals surface area contributed by atoms with Gasteiger partial charge in [0.2, 0.25) is 11.8 Å². The summed E-state index contributed by atoms with van der Waals surface area (Å²) in [6.07, 6.45) is 0.0685. The van der Waals surface area contributed by atoms with Gasteiger partial charge in [-0.05, 0) is 36.4 Å². The van der Waals surface area contributed by atoms with Crippen LogP contribution in [0.25, 0.3) is 0 Å². The molecule has 6 nitrogen and oxygen atoms in total. The van der Waals surface area contributed by atoms with Crippen LogP contribution in [0.5, 0.6) is 11.5 Å². The molecule has 0 aliphatic carbocycles. The highest BCUT2D eigenvalue weighted by molar-refractivity contribution is 5.96. The Bertz CT molecular complexity index is 1070. The van der Waals surface area contributed by atoms with Gasteiger partial charge in [-0.3, -0.25) is 9.59 Å². The molecule has 0 saturated heterocycles. The first-order valence-electron chi connectivity index (χ1n) is 9.47. The SMILES string of the molecule is CC(=O)N(CCC(=O)Nc1ccccc1Oc1ccccc1)c1ccccc1C#N. The number of hydrogen-bond donors (Lipinski definition) is 1. The molecule has 0 spiro atoms. The van der Waals surface area contributed by atoms with Gasteiger partial charge in [0.15, 0.2) is 5.75 Å². The largest absolute Gasteiger partial charge is 0.455 e. The van der Waals surface area contributed by atoms with Crippen molar-refractivity contribution in [3.8, 4) is 17.6 Å². The lowest BCUT2D eigenvalue weighted by Gasteiger charge is -2.22. The number of carbonyl (C=O) groups is 2. The minimum Gasteiger partial charge on any atom is -0.455 e. The smallest absolute Gasteiger partial charge is 0.226 e. The van der Waals surface area contributed by atoms with E-state index in [1.54, 1.807) is 42.5 Å². The fourth-order valence-electron chi connectivity index (χ4n) is 2.95. The van der Waals surface area contributed by atoms with Gasteiger partial charge in [-0.25, -0.2) is 0 Å². The molecule has 0 heterocycles. The van der Waals surface area contributed by atoms with Gasteiger partial charge in [-0.15, -0.1) is 0 Å². The molecule has 0 saturated carbocycles. The van der Waals surface area contributed by atoms with E-state index in [0.29, 0.717) is 28.4 Å². The Morgan fingerprint density at radius 2 is 1.63 bits per heavy atom. The van der Waals surface area contributed by atoms with Crippen LogP contribution < -0.4 is 15.0 Å². The van der Waals surface area contributed by atoms with E-state index < -0.39 is 0 Å². The van der Waals surface area contributed by atoms with E-state index in [-0.39, 0.29) is 24.8 Å². The van der Waals surface area contributed by atoms with Gasteiger partial charge in [0.25, 0.3) is 0 Å². The lowest BCUT2D eigenvalue weighted by Crippen LogP contribution is -2.32. The molecule has 2 amide bonds. The molecule has 0 radical (unpaired) electrons. The van der Waals surface area contributed by atoms with Crippen LogP contribution in [0.1, 0.15) is 18.9 Å². The third-order valence-electron chi connectivity index (χ3n) is 4.39. The van der Waals surface area contributed by atoms with Crippen molar-refractivity contribution in [2.24, 2.45) is 0 Å². The number of nitrogens with one attached hydrogen (secondary N) is 1. The van der Waals surface area contributed by atoms with Crippen molar-refractivity contribution >= 4 is 23.2 Å². The van der Waals surface area contributed by atoms with E-state index in [1.165, 1.54) is 11.8 Å². The lowest BCUT2D eigenvalue weighted by atomic mass is 10.1. The van der Waals surface area contributed by atoms with Gasteiger partial charge in [0.1, 0.15) is 11.8 Å². The maximum atomic E-state index is 12.6. The minimum atomic E-state index is -0.264. The molecule has 3 rings (SSSR count). The molecule has 0 aromatic heterocycles. The molecule has 6 heteroatoms. The first-order valence-corrected chi connectivity index (χ1v) is 9.47. The third-order valence-corrected chi connectivity index (χ3v) is 4.39. The van der Waals surface area contributed by atoms with Crippen LogP contribution in [-0.4, -0.2) is 18.4 Å². The predicted octanol–water partition coefficient (Wildman–Crippen LogP) is 4.73. The molecule has 0 aliphatic heterocycles. The monoisotopic (exact) mass is 399 g/mol. The molecule has 0 aliphatic rings. The first kappa shape index (κ1) is 20.6. The second-order valence-corrected chi connectivity index (χ2v) is 6.51. The fourth-order valence-corrected chi connectivity index (χ4v) is 2.95. The van der Waals surface area contributed by atoms with Crippen LogP contribution in [-0.2, 0) is 9.59 Å². The van der Waals surface area contributed by atoms with E-state index in [4.69, 9.17) is 4.74 Å². The first-order chi connectivity index (χ1) is 14.6. The molecule has 0 fully saturated rings. The van der Waals surface area contributed by atoms with Crippen molar-refractivity contribution in [2.45, 2.75) is 13.3 Å². The molecule has 150 valence electrons. The summed E-state index contributed by atoms with van der Waals surface area (Å²) in [5.41, 5.74) is 1.42. The van der Waals surface area contributed by atoms with Crippen molar-refractivity contribution in [2.75, 3.05) is 16.8 Å². The highest BCUT2D eigenvalue weighted by Gasteiger charge is 2.17. The quantitative estimate of drug-likeness (QED) is 0.622. The van der Waals surface area contributed by atoms with E-state index in [1.807, 2.05) is 36.4 Å². The number of para-hydroxylation sites is 4. The Morgan fingerprint density at radius 1 is 0.967 bits per heavy atom. The second-order valence-electron chi connectivity index (χ2n) is 6.51. The van der Waals surface area contributed by atoms with Gasteiger partial charge in [-0.1, -0.05) is 42.5 Å². The van der Waals surface area contributed by atoms with Crippen LogP contribution in [0, 0.1) is 11.3 Å². The van der Waals surface area contributed by atoms with Crippen LogP contribution in [0.3, 0.4) is 0 Å². The normalized spacial score (nSPS) is 10.0. The zero-order valence-electron chi connectivity index (χ0n) is 16.5. The van der Waals surface area contributed by atoms with Crippen LogP contribution in [0.15, 0.2) is 78.9 Å². The number of nitrogens with zero attached hydrogens (tertiary/aromatic N) is 2. The highest BCUT2D eigenvalue weighted by Crippen LogP contribution is 2.29. The summed E-state index contributed by atoms with van der Waals surface area (Å²) in [7, 11) is 0. The average molecular weight is 399 g/mol. The Balaban J connectivity index is 1.68. The molecule has 0 atom stereocenters. The third kappa shape index (κ3) is 5.24. The van der Waals surface area contributed by atoms with Gasteiger partial charge < -0.3 is 15.0 Å². The number of carbonyl (C=O) groups excluding carboxylic acids is 2. The molecule has 3 aromatic carbocycles. The minimum absolute atomic E-state index is 0.0685. The van der Waals surface area contributed by atoms with Crippen LogP contribution in [0.2, 0.25) is 0 Å². The zero-order chi connectivity index (χ0) is 21.3. The number of hydrogen-bond acceptors (Lipinski definition) is 4. The lowest BCUT2D eigenvalue weighted by molar-refractivity contribution is -0.117. The van der Waals surface area contributed by atoms with E-state index in [0.717, 1.165) is 0 Å². The van der Waals surface area contributed by atoms with Crippen LogP contribution >= 0.6 is 0 Å².